The van der Waals surface area contributed by atoms with Gasteiger partial charge in [0.2, 0.25) is 0 Å². The third-order valence-electron chi connectivity index (χ3n) is 2.11. The Kier molecular flexibility index (Phi) is 3.58. The van der Waals surface area contributed by atoms with Crippen molar-refractivity contribution >= 4 is 23.0 Å². The maximum absolute atomic E-state index is 13.1. The van der Waals surface area contributed by atoms with E-state index in [1.165, 1.54) is 12.1 Å². The van der Waals surface area contributed by atoms with E-state index in [1.54, 1.807) is 0 Å². The SMILES string of the molecule is CCC(C)Nc1cc(F)c(Cl)cc1N. The normalized spacial score (nSPS) is 12.6. The average Bonchev–Trinajstić information content (AvgIpc) is 2.14. The number of nitrogens with two attached hydrogens (primary N) is 1. The van der Waals surface area contributed by atoms with Crippen LogP contribution in [-0.4, -0.2) is 6.04 Å². The Labute approximate surface area is 88.2 Å². The van der Waals surface area contributed by atoms with Crippen molar-refractivity contribution in [1.82, 2.24) is 0 Å². The Morgan fingerprint density at radius 3 is 2.79 bits per heavy atom. The van der Waals surface area contributed by atoms with Crippen LogP contribution in [-0.2, 0) is 0 Å². The topological polar surface area (TPSA) is 38.0 Å². The first-order chi connectivity index (χ1) is 6.54. The maximum Gasteiger partial charge on any atom is 0.143 e. The molecule has 14 heavy (non-hydrogen) atoms. The molecule has 4 heteroatoms. The largest absolute Gasteiger partial charge is 0.397 e. The van der Waals surface area contributed by atoms with Crippen molar-refractivity contribution in [1.29, 1.82) is 0 Å². The lowest BCUT2D eigenvalue weighted by Crippen LogP contribution is -2.14. The predicted octanol–water partition coefficient (Wildman–Crippen LogP) is 3.27. The number of nitrogens with one attached hydrogen (secondary N) is 1. The first-order valence-corrected chi connectivity index (χ1v) is 4.93. The fourth-order valence-corrected chi connectivity index (χ4v) is 1.23. The van der Waals surface area contributed by atoms with Gasteiger partial charge >= 0.3 is 0 Å². The molecule has 3 N–H and O–H groups in total. The third-order valence-corrected chi connectivity index (χ3v) is 2.40. The zero-order chi connectivity index (χ0) is 10.7. The second-order valence-corrected chi connectivity index (χ2v) is 3.71. The Hall–Kier alpha value is -0.960. The molecule has 0 spiro atoms. The summed E-state index contributed by atoms with van der Waals surface area (Å²) in [5.74, 6) is -0.452. The summed E-state index contributed by atoms with van der Waals surface area (Å²) in [6.45, 7) is 4.05. The quantitative estimate of drug-likeness (QED) is 0.762. The first kappa shape index (κ1) is 11.1. The van der Waals surface area contributed by atoms with Crippen molar-refractivity contribution in [2.45, 2.75) is 26.3 Å². The molecule has 1 unspecified atom stereocenters. The van der Waals surface area contributed by atoms with Gasteiger partial charge in [0, 0.05) is 12.1 Å². The summed E-state index contributed by atoms with van der Waals surface area (Å²) < 4.78 is 13.1. The molecular weight excluding hydrogens is 203 g/mol. The summed E-state index contributed by atoms with van der Waals surface area (Å²) in [5.41, 5.74) is 6.75. The zero-order valence-corrected chi connectivity index (χ0v) is 9.03. The molecule has 0 aliphatic rings. The molecule has 0 aromatic heterocycles. The molecular formula is C10H14ClFN2. The molecule has 1 aromatic carbocycles. The van der Waals surface area contributed by atoms with Gasteiger partial charge in [0.25, 0.3) is 0 Å². The van der Waals surface area contributed by atoms with Gasteiger partial charge in [0.1, 0.15) is 5.82 Å². The van der Waals surface area contributed by atoms with E-state index in [-0.39, 0.29) is 11.1 Å². The summed E-state index contributed by atoms with van der Waals surface area (Å²) >= 11 is 5.57. The second-order valence-electron chi connectivity index (χ2n) is 3.31. The van der Waals surface area contributed by atoms with Gasteiger partial charge in [-0.2, -0.15) is 0 Å². The summed E-state index contributed by atoms with van der Waals surface area (Å²) in [5, 5.41) is 3.16. The molecule has 0 heterocycles. The lowest BCUT2D eigenvalue weighted by Gasteiger charge is -2.15. The molecule has 0 bridgehead atoms. The van der Waals surface area contributed by atoms with Crippen LogP contribution in [0.15, 0.2) is 12.1 Å². The highest BCUT2D eigenvalue weighted by molar-refractivity contribution is 6.31. The molecule has 0 aliphatic carbocycles. The fourth-order valence-electron chi connectivity index (χ4n) is 1.05. The summed E-state index contributed by atoms with van der Waals surface area (Å²) in [6, 6.07) is 3.00. The van der Waals surface area contributed by atoms with Crippen LogP contribution in [0.1, 0.15) is 20.3 Å². The minimum atomic E-state index is -0.452. The third kappa shape index (κ3) is 2.51. The van der Waals surface area contributed by atoms with Gasteiger partial charge in [0.15, 0.2) is 0 Å². The fraction of sp³-hybridized carbons (Fsp3) is 0.400. The molecule has 1 atom stereocenters. The Bertz CT molecular complexity index is 328. The van der Waals surface area contributed by atoms with E-state index in [4.69, 9.17) is 17.3 Å². The smallest absolute Gasteiger partial charge is 0.143 e. The van der Waals surface area contributed by atoms with Crippen molar-refractivity contribution in [3.63, 3.8) is 0 Å². The van der Waals surface area contributed by atoms with Crippen molar-refractivity contribution < 1.29 is 4.39 Å². The van der Waals surface area contributed by atoms with Crippen LogP contribution in [0.25, 0.3) is 0 Å². The Morgan fingerprint density at radius 1 is 1.57 bits per heavy atom. The van der Waals surface area contributed by atoms with Crippen LogP contribution in [0, 0.1) is 5.82 Å². The molecule has 0 saturated heterocycles. The second kappa shape index (κ2) is 4.51. The molecule has 1 aromatic rings. The Morgan fingerprint density at radius 2 is 2.21 bits per heavy atom. The number of anilines is 2. The minimum Gasteiger partial charge on any atom is -0.397 e. The van der Waals surface area contributed by atoms with Crippen LogP contribution < -0.4 is 11.1 Å². The van der Waals surface area contributed by atoms with Crippen molar-refractivity contribution in [2.75, 3.05) is 11.1 Å². The van der Waals surface area contributed by atoms with Gasteiger partial charge in [-0.05, 0) is 19.4 Å². The van der Waals surface area contributed by atoms with E-state index in [9.17, 15) is 4.39 Å². The van der Waals surface area contributed by atoms with Crippen LogP contribution in [0.2, 0.25) is 5.02 Å². The van der Waals surface area contributed by atoms with Crippen molar-refractivity contribution in [2.24, 2.45) is 0 Å². The van der Waals surface area contributed by atoms with Crippen LogP contribution >= 0.6 is 11.6 Å². The van der Waals surface area contributed by atoms with E-state index < -0.39 is 5.82 Å². The molecule has 0 saturated carbocycles. The van der Waals surface area contributed by atoms with Gasteiger partial charge in [-0.1, -0.05) is 18.5 Å². The first-order valence-electron chi connectivity index (χ1n) is 4.55. The van der Waals surface area contributed by atoms with Gasteiger partial charge < -0.3 is 11.1 Å². The summed E-state index contributed by atoms with van der Waals surface area (Å²) in [7, 11) is 0. The van der Waals surface area contributed by atoms with E-state index in [2.05, 4.69) is 5.32 Å². The molecule has 2 nitrogen and oxygen atoms in total. The predicted molar refractivity (Wildman–Crippen MR) is 59.2 cm³/mol. The number of hydrogen-bond donors (Lipinski definition) is 2. The Balaban J connectivity index is 2.92. The molecule has 0 radical (unpaired) electrons. The summed E-state index contributed by atoms with van der Waals surface area (Å²) in [6.07, 6.45) is 0.948. The van der Waals surface area contributed by atoms with Crippen molar-refractivity contribution in [3.05, 3.63) is 23.0 Å². The van der Waals surface area contributed by atoms with Gasteiger partial charge in [-0.3, -0.25) is 0 Å². The average molecular weight is 217 g/mol. The van der Waals surface area contributed by atoms with Gasteiger partial charge in [-0.25, -0.2) is 4.39 Å². The zero-order valence-electron chi connectivity index (χ0n) is 8.27. The summed E-state index contributed by atoms with van der Waals surface area (Å²) in [4.78, 5) is 0. The molecule has 0 amide bonds. The maximum atomic E-state index is 13.1. The standard InChI is InChI=1S/C10H14ClFN2/c1-3-6(2)14-10-5-8(12)7(11)4-9(10)13/h4-6,14H,3,13H2,1-2H3. The lowest BCUT2D eigenvalue weighted by atomic mass is 10.2. The van der Waals surface area contributed by atoms with Gasteiger partial charge in [-0.15, -0.1) is 0 Å². The van der Waals surface area contributed by atoms with Crippen LogP contribution in [0.4, 0.5) is 15.8 Å². The number of nitrogen functional groups attached to an aromatic ring is 1. The van der Waals surface area contributed by atoms with Crippen LogP contribution in [0.3, 0.4) is 0 Å². The monoisotopic (exact) mass is 216 g/mol. The number of benzene rings is 1. The highest BCUT2D eigenvalue weighted by Gasteiger charge is 2.07. The van der Waals surface area contributed by atoms with E-state index >= 15 is 0 Å². The van der Waals surface area contributed by atoms with Gasteiger partial charge in [0.05, 0.1) is 16.4 Å². The molecule has 1 rings (SSSR count). The van der Waals surface area contributed by atoms with E-state index in [1.807, 2.05) is 13.8 Å². The highest BCUT2D eigenvalue weighted by atomic mass is 35.5. The van der Waals surface area contributed by atoms with E-state index in [0.717, 1.165) is 6.42 Å². The minimum absolute atomic E-state index is 0.0530. The number of rotatable bonds is 3. The number of halogens is 2. The van der Waals surface area contributed by atoms with Crippen LogP contribution in [0.5, 0.6) is 0 Å². The molecule has 78 valence electrons. The lowest BCUT2D eigenvalue weighted by molar-refractivity contribution is 0.628. The molecule has 0 fully saturated rings. The number of hydrogen-bond acceptors (Lipinski definition) is 2. The molecule has 0 aliphatic heterocycles. The van der Waals surface area contributed by atoms with Crippen molar-refractivity contribution in [3.8, 4) is 0 Å². The van der Waals surface area contributed by atoms with E-state index in [0.29, 0.717) is 11.4 Å². The highest BCUT2D eigenvalue weighted by Crippen LogP contribution is 2.26.